The van der Waals surface area contributed by atoms with Crippen LogP contribution < -0.4 is 24.4 Å². The summed E-state index contributed by atoms with van der Waals surface area (Å²) < 4.78 is 16.0. The highest BCUT2D eigenvalue weighted by Crippen LogP contribution is 2.31. The van der Waals surface area contributed by atoms with E-state index in [1.165, 1.54) is 10.6 Å². The fraction of sp³-hybridized carbons (Fsp3) is 0.393. The number of hydrogen-bond acceptors (Lipinski definition) is 7. The molecule has 2 atom stereocenters. The van der Waals surface area contributed by atoms with Crippen molar-refractivity contribution in [3.8, 4) is 17.2 Å². The summed E-state index contributed by atoms with van der Waals surface area (Å²) in [5.74, 6) is 2.14. The number of amides is 1. The number of carbonyl (C=O) groups is 1. The number of rotatable bonds is 10. The van der Waals surface area contributed by atoms with Gasteiger partial charge in [-0.1, -0.05) is 12.1 Å². The molecule has 36 heavy (non-hydrogen) atoms. The molecule has 1 aromatic heterocycles. The number of benzene rings is 2. The molecular weight excluding hydrogens is 474 g/mol. The first-order valence-corrected chi connectivity index (χ1v) is 13.1. The molecule has 1 N–H and O–H groups in total. The highest BCUT2D eigenvalue weighted by Gasteiger charge is 2.31. The number of ether oxygens (including phenoxy) is 3. The van der Waals surface area contributed by atoms with E-state index in [4.69, 9.17) is 14.2 Å². The monoisotopic (exact) mass is 509 g/mol. The second-order valence-electron chi connectivity index (χ2n) is 8.90. The molecule has 0 aliphatic carbocycles. The first-order valence-electron chi connectivity index (χ1n) is 12.2. The molecule has 0 saturated carbocycles. The molecule has 8 heteroatoms. The van der Waals surface area contributed by atoms with Crippen LogP contribution in [0.4, 0.5) is 5.69 Å². The Hall–Kier alpha value is -3.23. The number of nitrogens with zero attached hydrogens (tertiary/aromatic N) is 2. The Bertz CT molecular complexity index is 1110. The Morgan fingerprint density at radius 3 is 2.28 bits per heavy atom. The van der Waals surface area contributed by atoms with E-state index in [0.29, 0.717) is 11.5 Å². The van der Waals surface area contributed by atoms with Gasteiger partial charge in [0.2, 0.25) is 5.91 Å². The first kappa shape index (κ1) is 25.9. The lowest BCUT2D eigenvalue weighted by molar-refractivity contribution is -0.121. The molecule has 1 aliphatic heterocycles. The number of methoxy groups -OCH3 is 3. The second kappa shape index (κ2) is 12.1. The molecule has 3 aromatic rings. The van der Waals surface area contributed by atoms with Crippen LogP contribution in [0.1, 0.15) is 23.4 Å². The first-order chi connectivity index (χ1) is 17.5. The Labute approximate surface area is 217 Å². The third kappa shape index (κ3) is 6.12. The zero-order valence-electron chi connectivity index (χ0n) is 21.4. The summed E-state index contributed by atoms with van der Waals surface area (Å²) in [5, 5.41) is 5.37. The molecule has 2 heterocycles. The van der Waals surface area contributed by atoms with E-state index >= 15 is 0 Å². The minimum absolute atomic E-state index is 0.00635. The topological polar surface area (TPSA) is 63.3 Å². The molecule has 0 radical (unpaired) electrons. The summed E-state index contributed by atoms with van der Waals surface area (Å²) in [6.07, 6.45) is 0.285. The zero-order valence-corrected chi connectivity index (χ0v) is 22.2. The molecular formula is C28H35N3O4S. The molecule has 1 amide bonds. The largest absolute Gasteiger partial charge is 0.497 e. The van der Waals surface area contributed by atoms with Crippen LogP contribution in [-0.4, -0.2) is 64.4 Å². The highest BCUT2D eigenvalue weighted by atomic mass is 32.1. The second-order valence-corrected chi connectivity index (χ2v) is 9.88. The lowest BCUT2D eigenvalue weighted by atomic mass is 10.0. The van der Waals surface area contributed by atoms with Gasteiger partial charge in [0.25, 0.3) is 0 Å². The zero-order chi connectivity index (χ0) is 25.5. The number of anilines is 1. The quantitative estimate of drug-likeness (QED) is 0.438. The number of nitrogens with one attached hydrogen (secondary N) is 1. The van der Waals surface area contributed by atoms with Gasteiger partial charge in [0, 0.05) is 42.8 Å². The van der Waals surface area contributed by atoms with E-state index < -0.39 is 0 Å². The van der Waals surface area contributed by atoms with Gasteiger partial charge < -0.3 is 24.4 Å². The molecule has 0 bridgehead atoms. The van der Waals surface area contributed by atoms with Crippen molar-refractivity contribution >= 4 is 22.9 Å². The van der Waals surface area contributed by atoms with Crippen molar-refractivity contribution in [3.05, 3.63) is 70.4 Å². The van der Waals surface area contributed by atoms with E-state index in [1.807, 2.05) is 30.3 Å². The van der Waals surface area contributed by atoms with E-state index in [9.17, 15) is 4.79 Å². The van der Waals surface area contributed by atoms with Crippen molar-refractivity contribution < 1.29 is 19.0 Å². The maximum atomic E-state index is 13.0. The SMILES string of the molecule is COc1ccc(N2CCN([C@@H](c3cccs3)[C@H](C)NC(=O)Cc3ccc(OC)c(OC)c3)CC2)cc1. The van der Waals surface area contributed by atoms with Crippen molar-refractivity contribution in [2.45, 2.75) is 25.4 Å². The van der Waals surface area contributed by atoms with Gasteiger partial charge >= 0.3 is 0 Å². The summed E-state index contributed by atoms with van der Waals surface area (Å²) >= 11 is 1.74. The lowest BCUT2D eigenvalue weighted by Gasteiger charge is -2.42. The molecule has 1 saturated heterocycles. The minimum atomic E-state index is -0.0381. The molecule has 7 nitrogen and oxygen atoms in total. The predicted molar refractivity (Wildman–Crippen MR) is 145 cm³/mol. The van der Waals surface area contributed by atoms with Crippen molar-refractivity contribution in [2.24, 2.45) is 0 Å². The predicted octanol–water partition coefficient (Wildman–Crippen LogP) is 4.38. The molecule has 192 valence electrons. The average Bonchev–Trinajstić information content (AvgIpc) is 3.43. The Morgan fingerprint density at radius 1 is 0.944 bits per heavy atom. The number of piperazine rings is 1. The van der Waals surface area contributed by atoms with Gasteiger partial charge in [0.05, 0.1) is 33.8 Å². The van der Waals surface area contributed by atoms with Crippen molar-refractivity contribution in [3.63, 3.8) is 0 Å². The fourth-order valence-corrected chi connectivity index (χ4v) is 5.78. The van der Waals surface area contributed by atoms with Crippen LogP contribution in [0.25, 0.3) is 0 Å². The third-order valence-electron chi connectivity index (χ3n) is 6.65. The van der Waals surface area contributed by atoms with E-state index in [-0.39, 0.29) is 24.4 Å². The van der Waals surface area contributed by atoms with Gasteiger partial charge in [-0.25, -0.2) is 0 Å². The molecule has 4 rings (SSSR count). The van der Waals surface area contributed by atoms with Gasteiger partial charge in [0.15, 0.2) is 11.5 Å². The summed E-state index contributed by atoms with van der Waals surface area (Å²) in [6.45, 7) is 5.81. The summed E-state index contributed by atoms with van der Waals surface area (Å²) in [5.41, 5.74) is 2.09. The molecule has 1 fully saturated rings. The van der Waals surface area contributed by atoms with E-state index in [1.54, 1.807) is 32.7 Å². The normalized spacial score (nSPS) is 15.7. The van der Waals surface area contributed by atoms with E-state index in [2.05, 4.69) is 51.7 Å². The third-order valence-corrected chi connectivity index (χ3v) is 7.60. The Kier molecular flexibility index (Phi) is 8.72. The maximum absolute atomic E-state index is 13.0. The molecule has 0 spiro atoms. The molecule has 2 aromatic carbocycles. The Morgan fingerprint density at radius 2 is 1.67 bits per heavy atom. The highest BCUT2D eigenvalue weighted by molar-refractivity contribution is 7.10. The number of thiophene rings is 1. The van der Waals surface area contributed by atoms with Gasteiger partial charge in [-0.05, 0) is 60.3 Å². The van der Waals surface area contributed by atoms with Crippen LogP contribution in [0.3, 0.4) is 0 Å². The summed E-state index contributed by atoms with van der Waals surface area (Å²) in [6, 6.07) is 18.2. The molecule has 1 aliphatic rings. The van der Waals surface area contributed by atoms with Gasteiger partial charge in [-0.15, -0.1) is 11.3 Å². The average molecular weight is 510 g/mol. The number of carbonyl (C=O) groups excluding carboxylic acids is 1. The van der Waals surface area contributed by atoms with Crippen LogP contribution in [0.15, 0.2) is 60.0 Å². The van der Waals surface area contributed by atoms with Crippen LogP contribution in [0.2, 0.25) is 0 Å². The van der Waals surface area contributed by atoms with Gasteiger partial charge in [0.1, 0.15) is 5.75 Å². The minimum Gasteiger partial charge on any atom is -0.497 e. The fourth-order valence-electron chi connectivity index (χ4n) is 4.81. The summed E-state index contributed by atoms with van der Waals surface area (Å²) in [4.78, 5) is 19.2. The van der Waals surface area contributed by atoms with Crippen LogP contribution in [-0.2, 0) is 11.2 Å². The van der Waals surface area contributed by atoms with E-state index in [0.717, 1.165) is 37.5 Å². The van der Waals surface area contributed by atoms with Gasteiger partial charge in [-0.3, -0.25) is 9.69 Å². The van der Waals surface area contributed by atoms with Crippen LogP contribution in [0.5, 0.6) is 17.2 Å². The molecule has 0 unspecified atom stereocenters. The number of hydrogen-bond donors (Lipinski definition) is 1. The van der Waals surface area contributed by atoms with Crippen LogP contribution >= 0.6 is 11.3 Å². The van der Waals surface area contributed by atoms with Crippen molar-refractivity contribution in [1.82, 2.24) is 10.2 Å². The Balaban J connectivity index is 1.40. The van der Waals surface area contributed by atoms with Crippen LogP contribution in [0, 0.1) is 0 Å². The maximum Gasteiger partial charge on any atom is 0.224 e. The summed E-state index contributed by atoms with van der Waals surface area (Å²) in [7, 11) is 4.89. The lowest BCUT2D eigenvalue weighted by Crippen LogP contribution is -2.52. The van der Waals surface area contributed by atoms with Gasteiger partial charge in [-0.2, -0.15) is 0 Å². The van der Waals surface area contributed by atoms with Crippen molar-refractivity contribution in [1.29, 1.82) is 0 Å². The standard InChI is InChI=1S/C28H35N3O4S/c1-20(29-27(32)19-21-7-12-24(34-3)25(18-21)35-4)28(26-6-5-17-36-26)31-15-13-30(14-16-31)22-8-10-23(33-2)11-9-22/h5-12,17-18,20,28H,13-16,19H2,1-4H3,(H,29,32)/t20-,28+/m0/s1. The smallest absolute Gasteiger partial charge is 0.224 e. The van der Waals surface area contributed by atoms with Crippen molar-refractivity contribution in [2.75, 3.05) is 52.4 Å².